The number of hydrogen-bond acceptors (Lipinski definition) is 6. The van der Waals surface area contributed by atoms with Crippen molar-refractivity contribution in [3.63, 3.8) is 0 Å². The lowest BCUT2D eigenvalue weighted by Crippen LogP contribution is -2.41. The first-order chi connectivity index (χ1) is 14.1. The van der Waals surface area contributed by atoms with E-state index < -0.39 is 11.6 Å². The predicted molar refractivity (Wildman–Crippen MR) is 108 cm³/mol. The Kier molecular flexibility index (Phi) is 3.95. The molecule has 0 aliphatic carbocycles. The molecular formula is C21H16N4O3S. The third kappa shape index (κ3) is 2.80. The first-order valence-corrected chi connectivity index (χ1v) is 9.98. The molecule has 3 heterocycles. The van der Waals surface area contributed by atoms with Crippen LogP contribution in [0.3, 0.4) is 0 Å². The van der Waals surface area contributed by atoms with Gasteiger partial charge in [-0.25, -0.2) is 4.79 Å². The third-order valence-electron chi connectivity index (χ3n) is 5.14. The van der Waals surface area contributed by atoms with Gasteiger partial charge in [-0.2, -0.15) is 16.3 Å². The number of carbonyl (C=O) groups is 2. The minimum absolute atomic E-state index is 0.0812. The van der Waals surface area contributed by atoms with Crippen LogP contribution in [0.5, 0.6) is 0 Å². The van der Waals surface area contributed by atoms with E-state index in [2.05, 4.69) is 15.5 Å². The molecular weight excluding hydrogens is 388 g/mol. The van der Waals surface area contributed by atoms with Gasteiger partial charge in [0.1, 0.15) is 12.1 Å². The number of thiophene rings is 1. The summed E-state index contributed by atoms with van der Waals surface area (Å²) in [5, 5.41) is 12.5. The first-order valence-electron chi connectivity index (χ1n) is 9.04. The zero-order chi connectivity index (χ0) is 20.0. The van der Waals surface area contributed by atoms with Gasteiger partial charge in [-0.3, -0.25) is 9.69 Å². The highest BCUT2D eigenvalue weighted by Gasteiger charge is 2.50. The largest absolute Gasteiger partial charge is 0.337 e. The fourth-order valence-electron chi connectivity index (χ4n) is 3.65. The second-order valence-corrected chi connectivity index (χ2v) is 7.78. The quantitative estimate of drug-likeness (QED) is 0.521. The number of urea groups is 1. The maximum atomic E-state index is 13.3. The van der Waals surface area contributed by atoms with E-state index in [4.69, 9.17) is 4.52 Å². The van der Waals surface area contributed by atoms with Crippen molar-refractivity contribution < 1.29 is 14.1 Å². The van der Waals surface area contributed by atoms with Gasteiger partial charge in [-0.15, -0.1) is 0 Å². The summed E-state index contributed by atoms with van der Waals surface area (Å²) in [6, 6.07) is 14.9. The van der Waals surface area contributed by atoms with Crippen LogP contribution >= 0.6 is 11.3 Å². The van der Waals surface area contributed by atoms with Crippen molar-refractivity contribution in [3.8, 4) is 11.4 Å². The second kappa shape index (κ2) is 6.52. The lowest BCUT2D eigenvalue weighted by atomic mass is 9.88. The van der Waals surface area contributed by atoms with Gasteiger partial charge < -0.3 is 9.84 Å². The molecule has 0 saturated carbocycles. The molecule has 1 N–H and O–H groups in total. The van der Waals surface area contributed by atoms with E-state index in [1.54, 1.807) is 6.92 Å². The van der Waals surface area contributed by atoms with E-state index in [1.165, 1.54) is 11.3 Å². The second-order valence-electron chi connectivity index (χ2n) is 7.00. The van der Waals surface area contributed by atoms with Crippen molar-refractivity contribution in [3.05, 3.63) is 70.7 Å². The van der Waals surface area contributed by atoms with Crippen molar-refractivity contribution in [2.75, 3.05) is 0 Å². The van der Waals surface area contributed by atoms with Crippen molar-refractivity contribution in [2.24, 2.45) is 0 Å². The summed E-state index contributed by atoms with van der Waals surface area (Å²) in [4.78, 5) is 31.4. The lowest BCUT2D eigenvalue weighted by Gasteiger charge is -2.23. The standard InChI is InChI=1S/C21H16N4O3S/c1-21(16-8-4-6-13-5-2-3-7-15(13)16)19(26)25(20(27)23-21)11-17-22-18(24-28-17)14-9-10-29-12-14/h2-10,12H,11H2,1H3,(H,23,27)/t21-/m0/s1. The van der Waals surface area contributed by atoms with Gasteiger partial charge in [-0.1, -0.05) is 47.6 Å². The van der Waals surface area contributed by atoms with Crippen LogP contribution in [0.25, 0.3) is 22.2 Å². The van der Waals surface area contributed by atoms with Crippen molar-refractivity contribution >= 4 is 34.0 Å². The molecule has 1 fully saturated rings. The summed E-state index contributed by atoms with van der Waals surface area (Å²) < 4.78 is 5.26. The summed E-state index contributed by atoms with van der Waals surface area (Å²) in [5.74, 6) is 0.288. The molecule has 0 unspecified atom stereocenters. The Morgan fingerprint density at radius 1 is 1.14 bits per heavy atom. The van der Waals surface area contributed by atoms with Crippen LogP contribution in [-0.2, 0) is 16.9 Å². The van der Waals surface area contributed by atoms with E-state index in [0.717, 1.165) is 26.8 Å². The number of fused-ring (bicyclic) bond motifs is 1. The number of nitrogens with one attached hydrogen (secondary N) is 1. The minimum atomic E-state index is -1.17. The Hall–Kier alpha value is -3.52. The highest BCUT2D eigenvalue weighted by Crippen LogP contribution is 2.34. The van der Waals surface area contributed by atoms with E-state index in [0.29, 0.717) is 5.82 Å². The monoisotopic (exact) mass is 404 g/mol. The van der Waals surface area contributed by atoms with Crippen LogP contribution < -0.4 is 5.32 Å². The third-order valence-corrected chi connectivity index (χ3v) is 5.83. The number of carbonyl (C=O) groups excluding carboxylic acids is 2. The molecule has 7 nitrogen and oxygen atoms in total. The molecule has 0 radical (unpaired) electrons. The number of nitrogens with zero attached hydrogens (tertiary/aromatic N) is 3. The summed E-state index contributed by atoms with van der Waals surface area (Å²) in [7, 11) is 0. The number of hydrogen-bond donors (Lipinski definition) is 1. The van der Waals surface area contributed by atoms with Gasteiger partial charge in [0, 0.05) is 10.9 Å². The number of amides is 3. The first kappa shape index (κ1) is 17.6. The molecule has 1 saturated heterocycles. The van der Waals surface area contributed by atoms with Gasteiger partial charge in [0.2, 0.25) is 11.7 Å². The Bertz CT molecular complexity index is 1230. The maximum Gasteiger partial charge on any atom is 0.325 e. The van der Waals surface area contributed by atoms with Gasteiger partial charge in [0.15, 0.2) is 0 Å². The Balaban J connectivity index is 1.47. The van der Waals surface area contributed by atoms with Crippen LogP contribution in [0.1, 0.15) is 18.4 Å². The SMILES string of the molecule is C[C@@]1(c2cccc3ccccc23)NC(=O)N(Cc2nc(-c3ccsc3)no2)C1=O. The fourth-order valence-corrected chi connectivity index (χ4v) is 4.28. The van der Waals surface area contributed by atoms with Gasteiger partial charge in [-0.05, 0) is 34.7 Å². The summed E-state index contributed by atoms with van der Waals surface area (Å²) in [6.45, 7) is 1.64. The van der Waals surface area contributed by atoms with Gasteiger partial charge in [0.05, 0.1) is 0 Å². The molecule has 1 aliphatic rings. The topological polar surface area (TPSA) is 88.3 Å². The number of aromatic nitrogens is 2. The van der Waals surface area contributed by atoms with E-state index in [9.17, 15) is 9.59 Å². The zero-order valence-electron chi connectivity index (χ0n) is 15.5. The smallest absolute Gasteiger partial charge is 0.325 e. The molecule has 4 aromatic rings. The van der Waals surface area contributed by atoms with E-state index in [-0.39, 0.29) is 18.3 Å². The molecule has 2 aromatic heterocycles. The van der Waals surface area contributed by atoms with Crippen LogP contribution in [0.2, 0.25) is 0 Å². The predicted octanol–water partition coefficient (Wildman–Crippen LogP) is 3.92. The van der Waals surface area contributed by atoms with E-state index >= 15 is 0 Å². The number of benzene rings is 2. The van der Waals surface area contributed by atoms with Crippen LogP contribution in [0, 0.1) is 0 Å². The van der Waals surface area contributed by atoms with Gasteiger partial charge in [0.25, 0.3) is 5.91 Å². The molecule has 0 spiro atoms. The molecule has 3 amide bonds. The Labute approximate surface area is 170 Å². The van der Waals surface area contributed by atoms with Crippen molar-refractivity contribution in [2.45, 2.75) is 19.0 Å². The number of imide groups is 1. The average Bonchev–Trinajstić information content (AvgIpc) is 3.46. The molecule has 144 valence electrons. The summed E-state index contributed by atoms with van der Waals surface area (Å²) in [5.41, 5.74) is 0.414. The maximum absolute atomic E-state index is 13.3. The fraction of sp³-hybridized carbons (Fsp3) is 0.143. The highest BCUT2D eigenvalue weighted by atomic mass is 32.1. The van der Waals surface area contributed by atoms with Crippen molar-refractivity contribution in [1.29, 1.82) is 0 Å². The number of rotatable bonds is 4. The molecule has 29 heavy (non-hydrogen) atoms. The van der Waals surface area contributed by atoms with Crippen LogP contribution in [0.15, 0.2) is 63.8 Å². The lowest BCUT2D eigenvalue weighted by molar-refractivity contribution is -0.131. The molecule has 1 aliphatic heterocycles. The molecule has 5 rings (SSSR count). The molecule has 2 aromatic carbocycles. The average molecular weight is 404 g/mol. The van der Waals surface area contributed by atoms with E-state index in [1.807, 2.05) is 59.3 Å². The minimum Gasteiger partial charge on any atom is -0.337 e. The molecule has 1 atom stereocenters. The van der Waals surface area contributed by atoms with Crippen molar-refractivity contribution in [1.82, 2.24) is 20.4 Å². The van der Waals surface area contributed by atoms with Crippen LogP contribution in [-0.4, -0.2) is 27.0 Å². The summed E-state index contributed by atoms with van der Waals surface area (Å²) in [6.07, 6.45) is 0. The zero-order valence-corrected chi connectivity index (χ0v) is 16.3. The van der Waals surface area contributed by atoms with Crippen LogP contribution in [0.4, 0.5) is 4.79 Å². The molecule has 0 bridgehead atoms. The Morgan fingerprint density at radius 3 is 2.79 bits per heavy atom. The molecule has 8 heteroatoms. The Morgan fingerprint density at radius 2 is 1.97 bits per heavy atom. The highest BCUT2D eigenvalue weighted by molar-refractivity contribution is 7.08. The normalized spacial score (nSPS) is 19.1. The van der Waals surface area contributed by atoms with Gasteiger partial charge >= 0.3 is 6.03 Å². The summed E-state index contributed by atoms with van der Waals surface area (Å²) >= 11 is 1.53.